The highest BCUT2D eigenvalue weighted by atomic mass is 16.5. The Kier molecular flexibility index (Phi) is 10.2. The molecule has 1 aromatic heterocycles. The third kappa shape index (κ3) is 7.72. The van der Waals surface area contributed by atoms with E-state index in [1.807, 2.05) is 62.4 Å². The number of rotatable bonds is 1. The van der Waals surface area contributed by atoms with Gasteiger partial charge in [0.1, 0.15) is 11.2 Å². The quantitative estimate of drug-likeness (QED) is 0.319. The molecule has 6 atom stereocenters. The van der Waals surface area contributed by atoms with E-state index in [2.05, 4.69) is 23.7 Å². The van der Waals surface area contributed by atoms with Gasteiger partial charge in [-0.25, -0.2) is 4.79 Å². The summed E-state index contributed by atoms with van der Waals surface area (Å²) in [5, 5.41) is 22.4. The number of nitrogens with zero attached hydrogens (tertiary/aromatic N) is 2. The van der Waals surface area contributed by atoms with Crippen LogP contribution in [0.1, 0.15) is 71.3 Å². The second-order valence-electron chi connectivity index (χ2n) is 14.2. The highest BCUT2D eigenvalue weighted by Gasteiger charge is 2.50. The Bertz CT molecular complexity index is 1780. The molecule has 3 heterocycles. The van der Waals surface area contributed by atoms with Crippen molar-refractivity contribution >= 4 is 12.0 Å². The maximum atomic E-state index is 12.6. The van der Waals surface area contributed by atoms with Gasteiger partial charge in [-0.2, -0.15) is 0 Å². The largest absolute Gasteiger partial charge is 0.459 e. The molecule has 0 bridgehead atoms. The van der Waals surface area contributed by atoms with E-state index in [0.29, 0.717) is 56.6 Å². The van der Waals surface area contributed by atoms with Crippen LogP contribution in [0.2, 0.25) is 0 Å². The molecule has 2 aromatic carbocycles. The van der Waals surface area contributed by atoms with Gasteiger partial charge in [-0.3, -0.25) is 4.79 Å². The number of methoxy groups -OCH3 is 1. The predicted octanol–water partition coefficient (Wildman–Crippen LogP) is 5.82. The van der Waals surface area contributed by atoms with Crippen LogP contribution in [0.4, 0.5) is 4.79 Å². The molecule has 0 spiro atoms. The fourth-order valence-corrected chi connectivity index (χ4v) is 8.16. The highest BCUT2D eigenvalue weighted by molar-refractivity contribution is 5.91. The van der Waals surface area contributed by atoms with Crippen molar-refractivity contribution in [3.8, 4) is 23.7 Å². The fraction of sp³-hybridized carbons (Fsp3) is 0.463. The molecule has 2 aliphatic carbocycles. The topological polar surface area (TPSA) is 103 Å². The van der Waals surface area contributed by atoms with Crippen molar-refractivity contribution in [2.24, 2.45) is 23.7 Å². The van der Waals surface area contributed by atoms with Gasteiger partial charge < -0.3 is 29.2 Å². The fourth-order valence-electron chi connectivity index (χ4n) is 8.16. The molecular formula is C41H46N2O6. The number of likely N-dealkylation sites (tertiary alicyclic amines) is 2. The third-order valence-electron chi connectivity index (χ3n) is 10.7. The van der Waals surface area contributed by atoms with Crippen LogP contribution < -0.4 is 0 Å². The van der Waals surface area contributed by atoms with E-state index in [1.165, 1.54) is 13.4 Å². The third-order valence-corrected chi connectivity index (χ3v) is 10.7. The molecule has 2 saturated heterocycles. The molecule has 7 rings (SSSR count). The number of hydrogen-bond acceptors (Lipinski definition) is 6. The molecule has 256 valence electrons. The molecule has 4 fully saturated rings. The summed E-state index contributed by atoms with van der Waals surface area (Å²) in [6, 6.07) is 19.4. The average molecular weight is 663 g/mol. The number of benzene rings is 2. The van der Waals surface area contributed by atoms with Crippen LogP contribution in [0, 0.1) is 61.2 Å². The van der Waals surface area contributed by atoms with E-state index in [0.717, 1.165) is 47.9 Å². The molecule has 49 heavy (non-hydrogen) atoms. The Labute approximate surface area is 289 Å². The number of carbonyl (C=O) groups excluding carboxylic acids is 2. The summed E-state index contributed by atoms with van der Waals surface area (Å²) in [6.07, 6.45) is 6.47. The minimum Gasteiger partial charge on any atom is -0.459 e. The van der Waals surface area contributed by atoms with E-state index >= 15 is 0 Å². The monoisotopic (exact) mass is 662 g/mol. The number of aryl methyl sites for hydroxylation is 2. The summed E-state index contributed by atoms with van der Waals surface area (Å²) in [5.74, 6) is 13.4. The highest BCUT2D eigenvalue weighted by Crippen LogP contribution is 2.44. The lowest BCUT2D eigenvalue weighted by Gasteiger charge is -2.37. The molecule has 8 heteroatoms. The lowest BCUT2D eigenvalue weighted by atomic mass is 9.71. The first-order valence-electron chi connectivity index (χ1n) is 17.4. The normalized spacial score (nSPS) is 28.4. The number of aliphatic hydroxyl groups is 2. The molecule has 2 amide bonds. The van der Waals surface area contributed by atoms with Crippen LogP contribution >= 0.6 is 0 Å². The average Bonchev–Trinajstić information content (AvgIpc) is 3.88. The van der Waals surface area contributed by atoms with Crippen LogP contribution in [0.5, 0.6) is 0 Å². The summed E-state index contributed by atoms with van der Waals surface area (Å²) in [4.78, 5) is 27.9. The summed E-state index contributed by atoms with van der Waals surface area (Å²) in [6.45, 7) is 6.44. The van der Waals surface area contributed by atoms with Crippen molar-refractivity contribution in [2.75, 3.05) is 33.3 Å². The summed E-state index contributed by atoms with van der Waals surface area (Å²) < 4.78 is 10.1. The minimum absolute atomic E-state index is 0.00697. The number of hydrogen-bond donors (Lipinski definition) is 2. The zero-order valence-corrected chi connectivity index (χ0v) is 28.7. The summed E-state index contributed by atoms with van der Waals surface area (Å²) in [5.41, 5.74) is 2.09. The molecule has 6 unspecified atom stereocenters. The maximum Gasteiger partial charge on any atom is 0.409 e. The van der Waals surface area contributed by atoms with Crippen molar-refractivity contribution in [1.29, 1.82) is 0 Å². The van der Waals surface area contributed by atoms with Crippen molar-refractivity contribution in [2.45, 2.75) is 63.6 Å². The van der Waals surface area contributed by atoms with Gasteiger partial charge in [-0.05, 0) is 112 Å². The van der Waals surface area contributed by atoms with Crippen LogP contribution in [0.25, 0.3) is 0 Å². The Balaban J connectivity index is 0.000000171. The molecule has 0 radical (unpaired) electrons. The Morgan fingerprint density at radius 1 is 0.776 bits per heavy atom. The second kappa shape index (κ2) is 14.5. The zero-order chi connectivity index (χ0) is 34.6. The number of fused-ring (bicyclic) bond motifs is 2. The van der Waals surface area contributed by atoms with Crippen molar-refractivity contribution in [3.05, 3.63) is 94.9 Å². The standard InChI is InChI=1S/C22H23NO3.C19H23NO3/c1-16-5-2-6-17(13-16)9-11-22(25)10-3-7-18-14-23(15-19(18)22)21(24)20-8-4-12-26-20;1-14-5-3-6-15(11-14)8-10-19(22)9-4-7-16-12-20(13-17(16)19)18(21)23-2/h2,4-6,8,12-13,18-19,25H,3,7,10,14-15H2,1H3;3,5-6,11,16-17,22H,4,7,9,12-13H2,1-2H3. The van der Waals surface area contributed by atoms with Gasteiger partial charge in [-0.1, -0.05) is 47.9 Å². The number of furan rings is 1. The lowest BCUT2D eigenvalue weighted by molar-refractivity contribution is -0.00822. The van der Waals surface area contributed by atoms with E-state index < -0.39 is 11.2 Å². The second-order valence-corrected chi connectivity index (χ2v) is 14.2. The molecule has 3 aromatic rings. The SMILES string of the molecule is COC(=O)N1CC2CCCC(O)(C#Cc3cccc(C)c3)C2C1.Cc1cccc(C#CC2(O)CCCC3CN(C(=O)c4ccco4)CC32)c1. The van der Waals surface area contributed by atoms with Gasteiger partial charge in [-0.15, -0.1) is 0 Å². The number of ether oxygens (including phenoxy) is 1. The Morgan fingerprint density at radius 3 is 1.80 bits per heavy atom. The molecular weight excluding hydrogens is 616 g/mol. The van der Waals surface area contributed by atoms with Gasteiger partial charge in [0.05, 0.1) is 13.4 Å². The predicted molar refractivity (Wildman–Crippen MR) is 186 cm³/mol. The van der Waals surface area contributed by atoms with E-state index in [4.69, 9.17) is 9.15 Å². The first kappa shape index (κ1) is 34.4. The van der Waals surface area contributed by atoms with Gasteiger partial charge in [0.25, 0.3) is 5.91 Å². The zero-order valence-electron chi connectivity index (χ0n) is 28.7. The van der Waals surface area contributed by atoms with E-state index in [-0.39, 0.29) is 23.8 Å². The van der Waals surface area contributed by atoms with Crippen LogP contribution in [-0.2, 0) is 4.74 Å². The smallest absolute Gasteiger partial charge is 0.409 e. The van der Waals surface area contributed by atoms with Crippen LogP contribution in [0.3, 0.4) is 0 Å². The molecule has 2 N–H and O–H groups in total. The van der Waals surface area contributed by atoms with Gasteiger partial charge in [0, 0.05) is 49.1 Å². The number of amides is 2. The van der Waals surface area contributed by atoms with Gasteiger partial charge in [0.2, 0.25) is 0 Å². The first-order valence-corrected chi connectivity index (χ1v) is 17.4. The van der Waals surface area contributed by atoms with Crippen molar-refractivity contribution in [1.82, 2.24) is 9.80 Å². The van der Waals surface area contributed by atoms with Gasteiger partial charge in [0.15, 0.2) is 5.76 Å². The summed E-state index contributed by atoms with van der Waals surface area (Å²) in [7, 11) is 1.40. The molecule has 2 aliphatic heterocycles. The molecule has 8 nitrogen and oxygen atoms in total. The minimum atomic E-state index is -1.04. The van der Waals surface area contributed by atoms with Crippen molar-refractivity contribution in [3.63, 3.8) is 0 Å². The summed E-state index contributed by atoms with van der Waals surface area (Å²) >= 11 is 0. The maximum absolute atomic E-state index is 12.6. The Hall–Kier alpha value is -4.50. The van der Waals surface area contributed by atoms with Gasteiger partial charge >= 0.3 is 6.09 Å². The number of carbonyl (C=O) groups is 2. The van der Waals surface area contributed by atoms with E-state index in [9.17, 15) is 19.8 Å². The van der Waals surface area contributed by atoms with Crippen LogP contribution in [-0.4, -0.2) is 76.5 Å². The lowest BCUT2D eigenvalue weighted by Crippen LogP contribution is -2.44. The van der Waals surface area contributed by atoms with Crippen molar-refractivity contribution < 1.29 is 29.0 Å². The van der Waals surface area contributed by atoms with Crippen LogP contribution in [0.15, 0.2) is 71.3 Å². The molecule has 4 aliphatic rings. The molecule has 2 saturated carbocycles. The first-order chi connectivity index (χ1) is 23.6. The Morgan fingerprint density at radius 2 is 1.31 bits per heavy atom. The van der Waals surface area contributed by atoms with E-state index in [1.54, 1.807) is 21.9 Å².